The van der Waals surface area contributed by atoms with Crippen molar-refractivity contribution in [2.45, 2.75) is 32.9 Å². The van der Waals surface area contributed by atoms with Gasteiger partial charge in [-0.15, -0.1) is 0 Å². The fourth-order valence-electron chi connectivity index (χ4n) is 2.56. The zero-order chi connectivity index (χ0) is 13.3. The van der Waals surface area contributed by atoms with Crippen molar-refractivity contribution < 1.29 is 14.7 Å². The third-order valence-electron chi connectivity index (χ3n) is 3.44. The zero-order valence-electron chi connectivity index (χ0n) is 10.5. The van der Waals surface area contributed by atoms with Crippen LogP contribution < -0.4 is 0 Å². The van der Waals surface area contributed by atoms with Gasteiger partial charge in [0.25, 0.3) is 0 Å². The van der Waals surface area contributed by atoms with Crippen LogP contribution in [0.3, 0.4) is 0 Å². The van der Waals surface area contributed by atoms with E-state index in [0.29, 0.717) is 18.9 Å². The Labute approximate surface area is 105 Å². The normalized spacial score (nSPS) is 23.7. The van der Waals surface area contributed by atoms with Crippen molar-refractivity contribution in [1.29, 1.82) is 0 Å². The Morgan fingerprint density at radius 3 is 2.78 bits per heavy atom. The summed E-state index contributed by atoms with van der Waals surface area (Å²) in [6.07, 6.45) is 3.52. The maximum Gasteiger partial charge on any atom is 0.309 e. The van der Waals surface area contributed by atoms with E-state index in [1.165, 1.54) is 0 Å². The van der Waals surface area contributed by atoms with Crippen LogP contribution in [0.5, 0.6) is 0 Å². The zero-order valence-corrected chi connectivity index (χ0v) is 10.5. The first-order chi connectivity index (χ1) is 8.60. The number of carboxylic acid groups (broad SMARTS) is 1. The molecule has 1 aromatic heterocycles. The standard InChI is InChI=1S/C12H17N3O3/c1-3-14-6-5-13-11(14)10-8(12(17)18)7-9(16)15(10)4-2/h5-6,8,10H,3-4,7H2,1-2H3,(H,17,18). The molecule has 2 rings (SSSR count). The van der Waals surface area contributed by atoms with E-state index >= 15 is 0 Å². The first-order valence-electron chi connectivity index (χ1n) is 6.13. The Hall–Kier alpha value is -1.85. The fourth-order valence-corrected chi connectivity index (χ4v) is 2.56. The second-order valence-electron chi connectivity index (χ2n) is 4.34. The van der Waals surface area contributed by atoms with Crippen LogP contribution in [0, 0.1) is 5.92 Å². The molecule has 0 saturated carbocycles. The van der Waals surface area contributed by atoms with Gasteiger partial charge in [0, 0.05) is 31.9 Å². The van der Waals surface area contributed by atoms with Crippen molar-refractivity contribution >= 4 is 11.9 Å². The summed E-state index contributed by atoms with van der Waals surface area (Å²) in [4.78, 5) is 29.0. The smallest absolute Gasteiger partial charge is 0.309 e. The van der Waals surface area contributed by atoms with Gasteiger partial charge >= 0.3 is 5.97 Å². The van der Waals surface area contributed by atoms with Crippen LogP contribution in [-0.4, -0.2) is 38.0 Å². The van der Waals surface area contributed by atoms with Gasteiger partial charge in [-0.2, -0.15) is 0 Å². The fraction of sp³-hybridized carbons (Fsp3) is 0.583. The summed E-state index contributed by atoms with van der Waals surface area (Å²) >= 11 is 0. The Morgan fingerprint density at radius 2 is 2.22 bits per heavy atom. The molecular weight excluding hydrogens is 234 g/mol. The number of aromatic nitrogens is 2. The van der Waals surface area contributed by atoms with Gasteiger partial charge in [-0.1, -0.05) is 0 Å². The van der Waals surface area contributed by atoms with E-state index in [2.05, 4.69) is 4.98 Å². The molecule has 1 fully saturated rings. The van der Waals surface area contributed by atoms with Crippen LogP contribution in [0.2, 0.25) is 0 Å². The van der Waals surface area contributed by atoms with E-state index < -0.39 is 17.9 Å². The highest BCUT2D eigenvalue weighted by Crippen LogP contribution is 2.37. The lowest BCUT2D eigenvalue weighted by atomic mass is 10.00. The predicted molar refractivity (Wildman–Crippen MR) is 63.8 cm³/mol. The Bertz CT molecular complexity index is 469. The number of carboxylic acids is 1. The highest BCUT2D eigenvalue weighted by Gasteiger charge is 2.45. The molecule has 1 saturated heterocycles. The van der Waals surface area contributed by atoms with Crippen molar-refractivity contribution in [1.82, 2.24) is 14.5 Å². The quantitative estimate of drug-likeness (QED) is 0.862. The van der Waals surface area contributed by atoms with E-state index in [1.807, 2.05) is 24.6 Å². The number of likely N-dealkylation sites (tertiary alicyclic amines) is 1. The Kier molecular flexibility index (Phi) is 3.36. The number of amides is 1. The van der Waals surface area contributed by atoms with Crippen LogP contribution in [0.15, 0.2) is 12.4 Å². The van der Waals surface area contributed by atoms with E-state index in [4.69, 9.17) is 0 Å². The second-order valence-corrected chi connectivity index (χ2v) is 4.34. The van der Waals surface area contributed by atoms with Crippen LogP contribution >= 0.6 is 0 Å². The van der Waals surface area contributed by atoms with E-state index in [0.717, 1.165) is 0 Å². The minimum atomic E-state index is -0.935. The lowest BCUT2D eigenvalue weighted by Crippen LogP contribution is -2.32. The number of aliphatic carboxylic acids is 1. The lowest BCUT2D eigenvalue weighted by Gasteiger charge is -2.25. The molecule has 0 aromatic carbocycles. The van der Waals surface area contributed by atoms with Gasteiger partial charge in [-0.25, -0.2) is 4.98 Å². The molecule has 6 heteroatoms. The Morgan fingerprint density at radius 1 is 1.50 bits per heavy atom. The second kappa shape index (κ2) is 4.80. The van der Waals surface area contributed by atoms with Crippen LogP contribution in [0.25, 0.3) is 0 Å². The number of carbonyl (C=O) groups is 2. The van der Waals surface area contributed by atoms with Gasteiger partial charge in [0.2, 0.25) is 5.91 Å². The molecule has 1 aliphatic heterocycles. The average molecular weight is 251 g/mol. The van der Waals surface area contributed by atoms with E-state index in [1.54, 1.807) is 11.1 Å². The number of nitrogens with zero attached hydrogens (tertiary/aromatic N) is 3. The molecule has 6 nitrogen and oxygen atoms in total. The first kappa shape index (κ1) is 12.6. The summed E-state index contributed by atoms with van der Waals surface area (Å²) in [5, 5.41) is 9.26. The Balaban J connectivity index is 2.42. The summed E-state index contributed by atoms with van der Waals surface area (Å²) in [7, 11) is 0. The van der Waals surface area contributed by atoms with Crippen LogP contribution in [0.1, 0.15) is 32.1 Å². The number of rotatable bonds is 4. The molecule has 2 heterocycles. The minimum Gasteiger partial charge on any atom is -0.481 e. The maximum atomic E-state index is 11.9. The van der Waals surface area contributed by atoms with Gasteiger partial charge in [0.15, 0.2) is 0 Å². The van der Waals surface area contributed by atoms with E-state index in [9.17, 15) is 14.7 Å². The molecule has 1 aromatic rings. The third kappa shape index (κ3) is 1.87. The molecule has 98 valence electrons. The number of hydrogen-bond donors (Lipinski definition) is 1. The molecule has 0 spiro atoms. The van der Waals surface area contributed by atoms with E-state index in [-0.39, 0.29) is 12.3 Å². The molecule has 1 aliphatic rings. The largest absolute Gasteiger partial charge is 0.481 e. The van der Waals surface area contributed by atoms with Gasteiger partial charge in [-0.05, 0) is 13.8 Å². The average Bonchev–Trinajstić information content (AvgIpc) is 2.91. The number of imidazole rings is 1. The SMILES string of the molecule is CCN1C(=O)CC(C(=O)O)C1c1nccn1CC. The van der Waals surface area contributed by atoms with Gasteiger partial charge in [-0.3, -0.25) is 9.59 Å². The summed E-state index contributed by atoms with van der Waals surface area (Å²) in [6.45, 7) is 5.04. The van der Waals surface area contributed by atoms with Crippen molar-refractivity contribution in [2.24, 2.45) is 5.92 Å². The highest BCUT2D eigenvalue weighted by atomic mass is 16.4. The van der Waals surface area contributed by atoms with Crippen LogP contribution in [0.4, 0.5) is 0 Å². The molecule has 0 aliphatic carbocycles. The van der Waals surface area contributed by atoms with Crippen molar-refractivity contribution in [3.63, 3.8) is 0 Å². The summed E-state index contributed by atoms with van der Waals surface area (Å²) in [5.41, 5.74) is 0. The molecule has 1 amide bonds. The van der Waals surface area contributed by atoms with Gasteiger partial charge in [0.1, 0.15) is 11.9 Å². The minimum absolute atomic E-state index is 0.0599. The number of aryl methyl sites for hydroxylation is 1. The summed E-state index contributed by atoms with van der Waals surface area (Å²) in [6, 6.07) is -0.449. The number of carbonyl (C=O) groups excluding carboxylic acids is 1. The molecule has 18 heavy (non-hydrogen) atoms. The molecule has 2 unspecified atom stereocenters. The topological polar surface area (TPSA) is 75.4 Å². The monoisotopic (exact) mass is 251 g/mol. The summed E-state index contributed by atoms with van der Waals surface area (Å²) in [5.74, 6) is -1.08. The first-order valence-corrected chi connectivity index (χ1v) is 6.13. The van der Waals surface area contributed by atoms with Crippen LogP contribution in [-0.2, 0) is 16.1 Å². The molecule has 1 N–H and O–H groups in total. The highest BCUT2D eigenvalue weighted by molar-refractivity contribution is 5.87. The molecule has 0 radical (unpaired) electrons. The molecule has 0 bridgehead atoms. The van der Waals surface area contributed by atoms with Gasteiger partial charge in [0.05, 0.1) is 5.92 Å². The van der Waals surface area contributed by atoms with Crippen molar-refractivity contribution in [2.75, 3.05) is 6.54 Å². The third-order valence-corrected chi connectivity index (χ3v) is 3.44. The summed E-state index contributed by atoms with van der Waals surface area (Å²) < 4.78 is 1.89. The molecule has 2 atom stereocenters. The predicted octanol–water partition coefficient (Wildman–Crippen LogP) is 0.897. The molecular formula is C12H17N3O3. The van der Waals surface area contributed by atoms with Crippen molar-refractivity contribution in [3.8, 4) is 0 Å². The maximum absolute atomic E-state index is 11.9. The lowest BCUT2D eigenvalue weighted by molar-refractivity contribution is -0.142. The number of hydrogen-bond acceptors (Lipinski definition) is 3. The van der Waals surface area contributed by atoms with Gasteiger partial charge < -0.3 is 14.6 Å². The van der Waals surface area contributed by atoms with Crippen molar-refractivity contribution in [3.05, 3.63) is 18.2 Å².